The van der Waals surface area contributed by atoms with Crippen molar-refractivity contribution in [3.05, 3.63) is 88.2 Å². The molecule has 0 radical (unpaired) electrons. The van der Waals surface area contributed by atoms with Crippen molar-refractivity contribution in [1.29, 1.82) is 0 Å². The minimum absolute atomic E-state index is 0.0873. The third-order valence-electron chi connectivity index (χ3n) is 8.01. The number of aromatic nitrogens is 4. The fourth-order valence-electron chi connectivity index (χ4n) is 5.40. The number of anilines is 2. The van der Waals surface area contributed by atoms with Crippen molar-refractivity contribution in [1.82, 2.24) is 24.8 Å². The van der Waals surface area contributed by atoms with Gasteiger partial charge in [-0.3, -0.25) is 29.1 Å². The molecular formula is C33H30FN7O4. The van der Waals surface area contributed by atoms with E-state index in [4.69, 9.17) is 9.97 Å². The standard InChI is InChI=1S/C33H30FN7O4/c1-17(2)40(4)30-28(19-8-11-21(34)12-9-19)36-23-13-10-20(16-25(23)37-30)31(43)38-24-7-5-6-22-29(24)35-18(3)41(33(22)45)26-14-15-27(42)39-32(26)44/h5-13,16-17,26H,14-15H2,1-4H3,(H,38,43)(H,39,42,44). The average Bonchev–Trinajstić information content (AvgIpc) is 3.01. The molecular weight excluding hydrogens is 577 g/mol. The van der Waals surface area contributed by atoms with E-state index < -0.39 is 23.4 Å². The van der Waals surface area contributed by atoms with Crippen LogP contribution in [0.15, 0.2) is 65.5 Å². The van der Waals surface area contributed by atoms with E-state index in [9.17, 15) is 23.6 Å². The minimum atomic E-state index is -0.854. The van der Waals surface area contributed by atoms with Crippen LogP contribution in [0.3, 0.4) is 0 Å². The molecule has 1 aliphatic heterocycles. The molecule has 228 valence electrons. The Morgan fingerprint density at radius 2 is 1.78 bits per heavy atom. The van der Waals surface area contributed by atoms with E-state index in [-0.39, 0.29) is 47.3 Å². The minimum Gasteiger partial charge on any atom is -0.355 e. The summed E-state index contributed by atoms with van der Waals surface area (Å²) in [4.78, 5) is 67.4. The van der Waals surface area contributed by atoms with E-state index >= 15 is 0 Å². The van der Waals surface area contributed by atoms with Gasteiger partial charge in [-0.2, -0.15) is 0 Å². The summed E-state index contributed by atoms with van der Waals surface area (Å²) >= 11 is 0. The second kappa shape index (κ2) is 11.5. The summed E-state index contributed by atoms with van der Waals surface area (Å²) < 4.78 is 14.9. The van der Waals surface area contributed by atoms with Crippen LogP contribution in [-0.2, 0) is 9.59 Å². The highest BCUT2D eigenvalue weighted by Crippen LogP contribution is 2.31. The number of para-hydroxylation sites is 1. The summed E-state index contributed by atoms with van der Waals surface area (Å²) in [7, 11) is 1.90. The normalized spacial score (nSPS) is 15.0. The smallest absolute Gasteiger partial charge is 0.262 e. The Morgan fingerprint density at radius 3 is 2.49 bits per heavy atom. The molecule has 45 heavy (non-hydrogen) atoms. The first kappa shape index (κ1) is 29.5. The number of rotatable bonds is 6. The summed E-state index contributed by atoms with van der Waals surface area (Å²) in [5.41, 5.74) is 2.84. The van der Waals surface area contributed by atoms with E-state index in [2.05, 4.69) is 15.6 Å². The number of amides is 3. The van der Waals surface area contributed by atoms with Gasteiger partial charge in [0.25, 0.3) is 11.5 Å². The summed E-state index contributed by atoms with van der Waals surface area (Å²) in [6.45, 7) is 5.64. The van der Waals surface area contributed by atoms with E-state index in [1.54, 1.807) is 55.5 Å². The van der Waals surface area contributed by atoms with Crippen molar-refractivity contribution in [3.63, 3.8) is 0 Å². The van der Waals surface area contributed by atoms with Gasteiger partial charge in [0.2, 0.25) is 11.8 Å². The number of hydrogen-bond donors (Lipinski definition) is 2. The molecule has 3 aromatic carbocycles. The van der Waals surface area contributed by atoms with Crippen LogP contribution in [-0.4, -0.2) is 50.3 Å². The molecule has 11 nitrogen and oxygen atoms in total. The molecule has 3 heterocycles. The predicted octanol–water partition coefficient (Wildman–Crippen LogP) is 4.53. The number of imide groups is 1. The lowest BCUT2D eigenvalue weighted by atomic mass is 10.1. The second-order valence-corrected chi connectivity index (χ2v) is 11.3. The third kappa shape index (κ3) is 5.50. The molecule has 1 fully saturated rings. The maximum Gasteiger partial charge on any atom is 0.262 e. The molecule has 3 amide bonds. The molecule has 12 heteroatoms. The first-order valence-corrected chi connectivity index (χ1v) is 14.5. The first-order chi connectivity index (χ1) is 21.5. The SMILES string of the molecule is Cc1nc2c(NC(=O)c3ccc4nc(-c5ccc(F)cc5)c(N(C)C(C)C)nc4c3)cccc2c(=O)n1C1CCC(=O)NC1=O. The van der Waals surface area contributed by atoms with E-state index in [0.717, 1.165) is 0 Å². The van der Waals surface area contributed by atoms with Crippen molar-refractivity contribution in [3.8, 4) is 11.3 Å². The molecule has 0 spiro atoms. The Hall–Kier alpha value is -5.52. The summed E-state index contributed by atoms with van der Waals surface area (Å²) in [5.74, 6) is -0.850. The predicted molar refractivity (Wildman–Crippen MR) is 169 cm³/mol. The quantitative estimate of drug-likeness (QED) is 0.269. The fourth-order valence-corrected chi connectivity index (χ4v) is 5.40. The Labute approximate surface area is 257 Å². The van der Waals surface area contributed by atoms with Crippen LogP contribution in [0.4, 0.5) is 15.9 Å². The highest BCUT2D eigenvalue weighted by Gasteiger charge is 2.31. The molecule has 1 atom stereocenters. The molecule has 1 aliphatic rings. The van der Waals surface area contributed by atoms with Crippen molar-refractivity contribution in [2.24, 2.45) is 0 Å². The Morgan fingerprint density at radius 1 is 1.02 bits per heavy atom. The van der Waals surface area contributed by atoms with Gasteiger partial charge in [-0.25, -0.2) is 19.3 Å². The Bertz CT molecular complexity index is 2070. The number of nitrogens with one attached hydrogen (secondary N) is 2. The number of carbonyl (C=O) groups is 3. The van der Waals surface area contributed by atoms with E-state index in [1.807, 2.05) is 25.8 Å². The van der Waals surface area contributed by atoms with Crippen LogP contribution in [0.1, 0.15) is 48.9 Å². The van der Waals surface area contributed by atoms with Gasteiger partial charge in [0, 0.05) is 30.6 Å². The molecule has 2 N–H and O–H groups in total. The monoisotopic (exact) mass is 607 g/mol. The number of fused-ring (bicyclic) bond motifs is 2. The van der Waals surface area contributed by atoms with E-state index in [1.165, 1.54) is 16.7 Å². The maximum absolute atomic E-state index is 13.6. The Kier molecular flexibility index (Phi) is 7.57. The van der Waals surface area contributed by atoms with Gasteiger partial charge in [0.15, 0.2) is 5.82 Å². The molecule has 0 bridgehead atoms. The molecule has 0 aliphatic carbocycles. The lowest BCUT2D eigenvalue weighted by molar-refractivity contribution is -0.135. The second-order valence-electron chi connectivity index (χ2n) is 11.3. The maximum atomic E-state index is 13.6. The topological polar surface area (TPSA) is 139 Å². The van der Waals surface area contributed by atoms with Crippen molar-refractivity contribution >= 4 is 51.2 Å². The van der Waals surface area contributed by atoms with Gasteiger partial charge in [0.1, 0.15) is 28.9 Å². The molecule has 2 aromatic heterocycles. The van der Waals surface area contributed by atoms with Crippen molar-refractivity contribution in [2.75, 3.05) is 17.3 Å². The molecule has 1 saturated heterocycles. The van der Waals surface area contributed by atoms with Gasteiger partial charge in [-0.1, -0.05) is 6.07 Å². The van der Waals surface area contributed by atoms with Crippen molar-refractivity contribution in [2.45, 2.75) is 45.7 Å². The van der Waals surface area contributed by atoms with Crippen LogP contribution in [0, 0.1) is 12.7 Å². The Balaban J connectivity index is 1.36. The highest BCUT2D eigenvalue weighted by molar-refractivity contribution is 6.09. The van der Waals surface area contributed by atoms with Crippen LogP contribution in [0.5, 0.6) is 0 Å². The van der Waals surface area contributed by atoms with Crippen LogP contribution >= 0.6 is 0 Å². The number of piperidine rings is 1. The van der Waals surface area contributed by atoms with Gasteiger partial charge >= 0.3 is 0 Å². The number of nitrogens with zero attached hydrogens (tertiary/aromatic N) is 5. The van der Waals surface area contributed by atoms with Crippen LogP contribution < -0.4 is 21.1 Å². The summed E-state index contributed by atoms with van der Waals surface area (Å²) in [5, 5.41) is 5.37. The van der Waals surface area contributed by atoms with Gasteiger partial charge in [0.05, 0.1) is 22.1 Å². The summed E-state index contributed by atoms with van der Waals surface area (Å²) in [6.07, 6.45) is 0.315. The first-order valence-electron chi connectivity index (χ1n) is 14.5. The van der Waals surface area contributed by atoms with Gasteiger partial charge in [-0.15, -0.1) is 0 Å². The van der Waals surface area contributed by atoms with Gasteiger partial charge < -0.3 is 10.2 Å². The van der Waals surface area contributed by atoms with Crippen LogP contribution in [0.2, 0.25) is 0 Å². The van der Waals surface area contributed by atoms with Gasteiger partial charge in [-0.05, 0) is 81.8 Å². The zero-order chi connectivity index (χ0) is 32.0. The fraction of sp³-hybridized carbons (Fsp3) is 0.242. The lowest BCUT2D eigenvalue weighted by Gasteiger charge is -2.25. The zero-order valence-corrected chi connectivity index (χ0v) is 25.1. The molecule has 5 aromatic rings. The molecule has 1 unspecified atom stereocenters. The van der Waals surface area contributed by atoms with Crippen LogP contribution in [0.25, 0.3) is 33.2 Å². The molecule has 0 saturated carbocycles. The van der Waals surface area contributed by atoms with Crippen molar-refractivity contribution < 1.29 is 18.8 Å². The summed E-state index contributed by atoms with van der Waals surface area (Å²) in [6, 6.07) is 15.1. The number of halogens is 1. The number of benzene rings is 3. The largest absolute Gasteiger partial charge is 0.355 e. The third-order valence-corrected chi connectivity index (χ3v) is 8.01. The average molecular weight is 608 g/mol. The lowest BCUT2D eigenvalue weighted by Crippen LogP contribution is -2.45. The molecule has 6 rings (SSSR count). The number of carbonyl (C=O) groups excluding carboxylic acids is 3. The zero-order valence-electron chi connectivity index (χ0n) is 25.1. The number of hydrogen-bond acceptors (Lipinski definition) is 8. The number of aryl methyl sites for hydroxylation is 1. The van der Waals surface area contributed by atoms with E-state index in [0.29, 0.717) is 39.4 Å². The highest BCUT2D eigenvalue weighted by atomic mass is 19.1.